The van der Waals surface area contributed by atoms with Crippen molar-refractivity contribution in [3.05, 3.63) is 29.8 Å². The maximum absolute atomic E-state index is 12.3. The first-order chi connectivity index (χ1) is 14.4. The number of hydrogen-bond acceptors (Lipinski definition) is 6. The molecule has 2 rings (SSSR count). The Bertz CT molecular complexity index is 809. The Balaban J connectivity index is 1.96. The summed E-state index contributed by atoms with van der Waals surface area (Å²) in [6.45, 7) is 13.6. The van der Waals surface area contributed by atoms with Crippen molar-refractivity contribution < 1.29 is 19.1 Å². The van der Waals surface area contributed by atoms with E-state index in [1.165, 1.54) is 0 Å². The molecule has 1 saturated heterocycles. The van der Waals surface area contributed by atoms with Crippen LogP contribution in [0.1, 0.15) is 65.9 Å². The molecule has 0 aliphatic carbocycles. The standard InChI is InChI=1S/C24H35N3O4/c1-23(2,3)30-21(28)11-10-19(17-25)18-8-7-9-20(16-18)26-12-14-27(15-13-26)22(29)31-24(4,5)6/h7-9,16,19H,10-15H2,1-6H3. The van der Waals surface area contributed by atoms with Crippen molar-refractivity contribution in [1.29, 1.82) is 5.26 Å². The number of nitriles is 1. The van der Waals surface area contributed by atoms with Crippen LogP contribution in [0.4, 0.5) is 10.5 Å². The number of ether oxygens (including phenoxy) is 2. The van der Waals surface area contributed by atoms with Crippen LogP contribution in [0, 0.1) is 11.3 Å². The van der Waals surface area contributed by atoms with Crippen LogP contribution in [0.2, 0.25) is 0 Å². The molecule has 0 saturated carbocycles. The van der Waals surface area contributed by atoms with Crippen molar-refractivity contribution in [1.82, 2.24) is 4.90 Å². The molecule has 0 bridgehead atoms. The summed E-state index contributed by atoms with van der Waals surface area (Å²) in [6.07, 6.45) is 0.336. The normalized spacial score (nSPS) is 15.8. The minimum atomic E-state index is -0.527. The molecule has 1 aromatic carbocycles. The van der Waals surface area contributed by atoms with E-state index in [1.807, 2.05) is 65.8 Å². The maximum atomic E-state index is 12.3. The summed E-state index contributed by atoms with van der Waals surface area (Å²) in [5.74, 6) is -0.669. The maximum Gasteiger partial charge on any atom is 0.410 e. The lowest BCUT2D eigenvalue weighted by atomic mass is 9.95. The Morgan fingerprint density at radius 1 is 1.03 bits per heavy atom. The summed E-state index contributed by atoms with van der Waals surface area (Å²) in [5.41, 5.74) is 0.867. The smallest absolute Gasteiger partial charge is 0.410 e. The van der Waals surface area contributed by atoms with Gasteiger partial charge in [0.05, 0.1) is 12.0 Å². The van der Waals surface area contributed by atoms with Crippen molar-refractivity contribution in [3.8, 4) is 6.07 Å². The molecule has 7 nitrogen and oxygen atoms in total. The molecule has 1 aliphatic rings. The van der Waals surface area contributed by atoms with Crippen LogP contribution in [0.15, 0.2) is 24.3 Å². The summed E-state index contributed by atoms with van der Waals surface area (Å²) >= 11 is 0. The average Bonchev–Trinajstić information content (AvgIpc) is 2.66. The van der Waals surface area contributed by atoms with Gasteiger partial charge in [-0.3, -0.25) is 4.79 Å². The topological polar surface area (TPSA) is 82.9 Å². The molecule has 1 heterocycles. The van der Waals surface area contributed by atoms with Crippen molar-refractivity contribution in [2.75, 3.05) is 31.1 Å². The van der Waals surface area contributed by atoms with Crippen molar-refractivity contribution in [2.45, 2.75) is 71.5 Å². The minimum absolute atomic E-state index is 0.203. The Labute approximate surface area is 185 Å². The van der Waals surface area contributed by atoms with Crippen LogP contribution >= 0.6 is 0 Å². The van der Waals surface area contributed by atoms with Crippen LogP contribution < -0.4 is 4.90 Å². The molecule has 0 spiro atoms. The number of hydrogen-bond donors (Lipinski definition) is 0. The fraction of sp³-hybridized carbons (Fsp3) is 0.625. The summed E-state index contributed by atoms with van der Waals surface area (Å²) in [6, 6.07) is 10.2. The van der Waals surface area contributed by atoms with Gasteiger partial charge in [0, 0.05) is 38.3 Å². The molecule has 1 aliphatic heterocycles. The summed E-state index contributed by atoms with van der Waals surface area (Å²) in [7, 11) is 0. The lowest BCUT2D eigenvalue weighted by molar-refractivity contribution is -0.154. The molecular weight excluding hydrogens is 394 g/mol. The molecular formula is C24H35N3O4. The van der Waals surface area contributed by atoms with Gasteiger partial charge < -0.3 is 19.3 Å². The molecule has 31 heavy (non-hydrogen) atoms. The zero-order valence-corrected chi connectivity index (χ0v) is 19.6. The van der Waals surface area contributed by atoms with Gasteiger partial charge in [-0.2, -0.15) is 5.26 Å². The number of piperazine rings is 1. The highest BCUT2D eigenvalue weighted by Gasteiger charge is 2.26. The molecule has 1 atom stereocenters. The molecule has 1 amide bonds. The third kappa shape index (κ3) is 8.12. The fourth-order valence-electron chi connectivity index (χ4n) is 3.37. The zero-order chi connectivity index (χ0) is 23.2. The third-order valence-corrected chi connectivity index (χ3v) is 4.78. The molecule has 0 aromatic heterocycles. The van der Waals surface area contributed by atoms with Crippen LogP contribution in [0.25, 0.3) is 0 Å². The van der Waals surface area contributed by atoms with Gasteiger partial charge in [0.15, 0.2) is 0 Å². The van der Waals surface area contributed by atoms with E-state index >= 15 is 0 Å². The highest BCUT2D eigenvalue weighted by atomic mass is 16.6. The van der Waals surface area contributed by atoms with E-state index in [2.05, 4.69) is 11.0 Å². The van der Waals surface area contributed by atoms with Gasteiger partial charge in [-0.05, 0) is 65.7 Å². The van der Waals surface area contributed by atoms with Gasteiger partial charge >= 0.3 is 12.1 Å². The predicted octanol–water partition coefficient (Wildman–Crippen LogP) is 4.47. The van der Waals surface area contributed by atoms with Crippen LogP contribution in [-0.4, -0.2) is 54.3 Å². The second-order valence-corrected chi connectivity index (χ2v) is 9.86. The van der Waals surface area contributed by atoms with Crippen LogP contribution in [0.3, 0.4) is 0 Å². The number of carbonyl (C=O) groups is 2. The number of nitrogens with zero attached hydrogens (tertiary/aromatic N) is 3. The summed E-state index contributed by atoms with van der Waals surface area (Å²) < 4.78 is 10.8. The van der Waals surface area contributed by atoms with Gasteiger partial charge in [-0.25, -0.2) is 4.79 Å². The lowest BCUT2D eigenvalue weighted by Crippen LogP contribution is -2.50. The van der Waals surface area contributed by atoms with E-state index < -0.39 is 11.2 Å². The first-order valence-corrected chi connectivity index (χ1v) is 10.8. The molecule has 1 fully saturated rings. The van der Waals surface area contributed by atoms with Crippen LogP contribution in [0.5, 0.6) is 0 Å². The van der Waals surface area contributed by atoms with E-state index in [1.54, 1.807) is 4.90 Å². The number of carbonyl (C=O) groups excluding carboxylic acids is 2. The highest BCUT2D eigenvalue weighted by molar-refractivity contribution is 5.70. The number of rotatable bonds is 5. The van der Waals surface area contributed by atoms with Gasteiger partial charge in [-0.1, -0.05) is 12.1 Å². The Hall–Kier alpha value is -2.75. The fourth-order valence-corrected chi connectivity index (χ4v) is 3.37. The molecule has 1 unspecified atom stereocenters. The predicted molar refractivity (Wildman–Crippen MR) is 120 cm³/mol. The first kappa shape index (κ1) is 24.5. The second kappa shape index (κ2) is 10.0. The van der Waals surface area contributed by atoms with Gasteiger partial charge in [0.25, 0.3) is 0 Å². The number of amides is 1. The average molecular weight is 430 g/mol. The first-order valence-electron chi connectivity index (χ1n) is 10.8. The molecule has 0 N–H and O–H groups in total. The third-order valence-electron chi connectivity index (χ3n) is 4.78. The SMILES string of the molecule is CC(C)(C)OC(=O)CCC(C#N)c1cccc(N2CCN(C(=O)OC(C)(C)C)CC2)c1. The minimum Gasteiger partial charge on any atom is -0.460 e. The van der Waals surface area contributed by atoms with E-state index in [0.717, 1.165) is 11.3 Å². The monoisotopic (exact) mass is 429 g/mol. The van der Waals surface area contributed by atoms with E-state index in [9.17, 15) is 14.9 Å². The van der Waals surface area contributed by atoms with E-state index in [0.29, 0.717) is 32.6 Å². The Morgan fingerprint density at radius 2 is 1.65 bits per heavy atom. The van der Waals surface area contributed by atoms with E-state index in [4.69, 9.17) is 9.47 Å². The van der Waals surface area contributed by atoms with E-state index in [-0.39, 0.29) is 24.4 Å². The quantitative estimate of drug-likeness (QED) is 0.642. The Kier molecular flexibility index (Phi) is 7.94. The van der Waals surface area contributed by atoms with Gasteiger partial charge in [-0.15, -0.1) is 0 Å². The van der Waals surface area contributed by atoms with Crippen molar-refractivity contribution in [3.63, 3.8) is 0 Å². The highest BCUT2D eigenvalue weighted by Crippen LogP contribution is 2.26. The molecule has 0 radical (unpaired) electrons. The number of anilines is 1. The second-order valence-electron chi connectivity index (χ2n) is 9.86. The van der Waals surface area contributed by atoms with Crippen molar-refractivity contribution >= 4 is 17.7 Å². The number of esters is 1. The molecule has 7 heteroatoms. The van der Waals surface area contributed by atoms with Gasteiger partial charge in [0.2, 0.25) is 0 Å². The summed E-state index contributed by atoms with van der Waals surface area (Å²) in [4.78, 5) is 28.2. The molecule has 1 aromatic rings. The van der Waals surface area contributed by atoms with Crippen LogP contribution in [-0.2, 0) is 14.3 Å². The Morgan fingerprint density at radius 3 is 2.19 bits per heavy atom. The largest absolute Gasteiger partial charge is 0.460 e. The number of benzene rings is 1. The molecule has 170 valence electrons. The lowest BCUT2D eigenvalue weighted by Gasteiger charge is -2.37. The zero-order valence-electron chi connectivity index (χ0n) is 19.6. The summed E-state index contributed by atoms with van der Waals surface area (Å²) in [5, 5.41) is 9.64. The van der Waals surface area contributed by atoms with Gasteiger partial charge in [0.1, 0.15) is 11.2 Å². The van der Waals surface area contributed by atoms with Crippen molar-refractivity contribution in [2.24, 2.45) is 0 Å².